The molecule has 28 heavy (non-hydrogen) atoms. The van der Waals surface area contributed by atoms with E-state index in [0.717, 1.165) is 48.3 Å². The standard InChI is InChI=1S/C27H46O/c1-18(2)7-6-8-19(3)23-11-12-24-22-10-9-20-17-21(28)13-15-26(20,4)25(22)14-16-27(23,24)5/h9,18-19,21-25,28H,6-8,10-17H2,1-5H3/t19-,21?,22?,23?,24?,25?,26+,27-/m1/s1. The van der Waals surface area contributed by atoms with Gasteiger partial charge >= 0.3 is 0 Å². The second-order valence-corrected chi connectivity index (χ2v) is 12.2. The van der Waals surface area contributed by atoms with Gasteiger partial charge in [-0.25, -0.2) is 0 Å². The van der Waals surface area contributed by atoms with Gasteiger partial charge in [0.15, 0.2) is 0 Å². The molecule has 0 aromatic heterocycles. The summed E-state index contributed by atoms with van der Waals surface area (Å²) in [6, 6.07) is 0. The molecule has 1 heteroatoms. The third-order valence-electron chi connectivity index (χ3n) is 10.3. The number of hydrogen-bond donors (Lipinski definition) is 1. The van der Waals surface area contributed by atoms with Crippen LogP contribution < -0.4 is 0 Å². The second-order valence-electron chi connectivity index (χ2n) is 12.2. The zero-order valence-corrected chi connectivity index (χ0v) is 19.3. The molecule has 4 rings (SSSR count). The van der Waals surface area contributed by atoms with Gasteiger partial charge in [-0.05, 0) is 97.7 Å². The molecule has 5 unspecified atom stereocenters. The van der Waals surface area contributed by atoms with E-state index in [1.807, 2.05) is 0 Å². The minimum absolute atomic E-state index is 0.0766. The summed E-state index contributed by atoms with van der Waals surface area (Å²) in [4.78, 5) is 0. The van der Waals surface area contributed by atoms with Crippen molar-refractivity contribution in [1.82, 2.24) is 0 Å². The third-order valence-corrected chi connectivity index (χ3v) is 10.3. The zero-order chi connectivity index (χ0) is 20.1. The molecule has 1 nitrogen and oxygen atoms in total. The van der Waals surface area contributed by atoms with Crippen molar-refractivity contribution in [1.29, 1.82) is 0 Å². The van der Waals surface area contributed by atoms with Crippen LogP contribution in [0.2, 0.25) is 0 Å². The van der Waals surface area contributed by atoms with Crippen LogP contribution in [0.15, 0.2) is 11.6 Å². The summed E-state index contributed by atoms with van der Waals surface area (Å²) in [6.45, 7) is 12.6. The smallest absolute Gasteiger partial charge is 0.0577 e. The first kappa shape index (κ1) is 21.0. The molecule has 0 spiro atoms. The highest BCUT2D eigenvalue weighted by molar-refractivity contribution is 5.25. The maximum atomic E-state index is 10.2. The highest BCUT2D eigenvalue weighted by atomic mass is 16.3. The molecule has 3 fully saturated rings. The Morgan fingerprint density at radius 2 is 1.79 bits per heavy atom. The lowest BCUT2D eigenvalue weighted by atomic mass is 9.47. The van der Waals surface area contributed by atoms with Gasteiger partial charge in [-0.1, -0.05) is 65.5 Å². The third kappa shape index (κ3) is 3.42. The summed E-state index contributed by atoms with van der Waals surface area (Å²) in [6.07, 6.45) is 17.2. The van der Waals surface area contributed by atoms with Crippen LogP contribution in [0, 0.1) is 46.3 Å². The number of rotatable bonds is 5. The van der Waals surface area contributed by atoms with Gasteiger partial charge in [-0.2, -0.15) is 0 Å². The van der Waals surface area contributed by atoms with E-state index in [9.17, 15) is 5.11 Å². The van der Waals surface area contributed by atoms with Crippen molar-refractivity contribution >= 4 is 0 Å². The van der Waals surface area contributed by atoms with Crippen molar-refractivity contribution in [2.45, 2.75) is 111 Å². The normalized spacial score (nSPS) is 46.5. The second kappa shape index (κ2) is 7.75. The van der Waals surface area contributed by atoms with Gasteiger partial charge in [0.2, 0.25) is 0 Å². The van der Waals surface area contributed by atoms with Crippen LogP contribution in [0.3, 0.4) is 0 Å². The molecular weight excluding hydrogens is 340 g/mol. The average molecular weight is 387 g/mol. The Morgan fingerprint density at radius 3 is 2.54 bits per heavy atom. The topological polar surface area (TPSA) is 20.2 Å². The number of hydrogen-bond acceptors (Lipinski definition) is 1. The molecule has 0 saturated heterocycles. The molecule has 0 amide bonds. The summed E-state index contributed by atoms with van der Waals surface area (Å²) in [5, 5.41) is 10.2. The SMILES string of the molecule is CC(C)CCC[C@@H](C)C1CCC2C3CC=C4CC(O)CC[C@]4(C)C3CC[C@@]21C. The van der Waals surface area contributed by atoms with Crippen molar-refractivity contribution in [2.24, 2.45) is 46.3 Å². The van der Waals surface area contributed by atoms with Crippen molar-refractivity contribution in [3.8, 4) is 0 Å². The Hall–Kier alpha value is -0.300. The highest BCUT2D eigenvalue weighted by Crippen LogP contribution is 2.67. The van der Waals surface area contributed by atoms with Gasteiger partial charge in [0.05, 0.1) is 6.10 Å². The fourth-order valence-electron chi connectivity index (χ4n) is 8.67. The van der Waals surface area contributed by atoms with E-state index in [0.29, 0.717) is 10.8 Å². The Balaban J connectivity index is 1.49. The Morgan fingerprint density at radius 1 is 1.00 bits per heavy atom. The van der Waals surface area contributed by atoms with Crippen LogP contribution in [0.25, 0.3) is 0 Å². The minimum Gasteiger partial charge on any atom is -0.393 e. The van der Waals surface area contributed by atoms with E-state index in [1.165, 1.54) is 57.8 Å². The Labute approximate surface area is 174 Å². The molecule has 0 aromatic carbocycles. The lowest BCUT2D eigenvalue weighted by Crippen LogP contribution is -2.50. The summed E-state index contributed by atoms with van der Waals surface area (Å²) >= 11 is 0. The minimum atomic E-state index is -0.0766. The predicted octanol–water partition coefficient (Wildman–Crippen LogP) is 7.39. The van der Waals surface area contributed by atoms with E-state index in [4.69, 9.17) is 0 Å². The van der Waals surface area contributed by atoms with E-state index in [2.05, 4.69) is 40.7 Å². The number of allylic oxidation sites excluding steroid dienone is 1. The number of aliphatic hydroxyl groups is 1. The molecule has 8 atom stereocenters. The molecule has 3 saturated carbocycles. The lowest BCUT2D eigenvalue weighted by molar-refractivity contribution is -0.0573. The van der Waals surface area contributed by atoms with E-state index >= 15 is 0 Å². The largest absolute Gasteiger partial charge is 0.393 e. The summed E-state index contributed by atoms with van der Waals surface area (Å²) in [5.41, 5.74) is 2.60. The molecule has 160 valence electrons. The number of fused-ring (bicyclic) bond motifs is 5. The molecule has 4 aliphatic rings. The maximum Gasteiger partial charge on any atom is 0.0577 e. The molecule has 0 radical (unpaired) electrons. The summed E-state index contributed by atoms with van der Waals surface area (Å²) in [5.74, 6) is 5.46. The fourth-order valence-corrected chi connectivity index (χ4v) is 8.67. The van der Waals surface area contributed by atoms with Crippen LogP contribution in [0.4, 0.5) is 0 Å². The summed E-state index contributed by atoms with van der Waals surface area (Å²) in [7, 11) is 0. The fraction of sp³-hybridized carbons (Fsp3) is 0.926. The van der Waals surface area contributed by atoms with Gasteiger partial charge in [-0.15, -0.1) is 0 Å². The first-order valence-electron chi connectivity index (χ1n) is 12.6. The molecule has 1 N–H and O–H groups in total. The van der Waals surface area contributed by atoms with Crippen LogP contribution in [-0.2, 0) is 0 Å². The number of aliphatic hydroxyl groups excluding tert-OH is 1. The molecule has 0 bridgehead atoms. The quantitative estimate of drug-likeness (QED) is 0.488. The van der Waals surface area contributed by atoms with Gasteiger partial charge in [0.1, 0.15) is 0 Å². The van der Waals surface area contributed by atoms with Crippen LogP contribution in [-0.4, -0.2) is 11.2 Å². The Kier molecular flexibility index (Phi) is 5.80. The van der Waals surface area contributed by atoms with E-state index in [1.54, 1.807) is 5.57 Å². The first-order valence-corrected chi connectivity index (χ1v) is 12.6. The van der Waals surface area contributed by atoms with Crippen molar-refractivity contribution in [3.05, 3.63) is 11.6 Å². The average Bonchev–Trinajstić information content (AvgIpc) is 2.99. The molecular formula is C27H46O. The Bertz CT molecular complexity index is 591. The zero-order valence-electron chi connectivity index (χ0n) is 19.3. The molecule has 0 heterocycles. The van der Waals surface area contributed by atoms with Gasteiger partial charge in [0, 0.05) is 0 Å². The predicted molar refractivity (Wildman–Crippen MR) is 119 cm³/mol. The van der Waals surface area contributed by atoms with Gasteiger partial charge < -0.3 is 5.11 Å². The molecule has 4 aliphatic carbocycles. The van der Waals surface area contributed by atoms with Crippen LogP contribution in [0.5, 0.6) is 0 Å². The van der Waals surface area contributed by atoms with E-state index in [-0.39, 0.29) is 6.10 Å². The maximum absolute atomic E-state index is 10.2. The van der Waals surface area contributed by atoms with Crippen LogP contribution >= 0.6 is 0 Å². The van der Waals surface area contributed by atoms with Gasteiger partial charge in [-0.3, -0.25) is 0 Å². The van der Waals surface area contributed by atoms with Crippen LogP contribution in [0.1, 0.15) is 105 Å². The first-order chi connectivity index (χ1) is 13.3. The highest BCUT2D eigenvalue weighted by Gasteiger charge is 2.59. The summed E-state index contributed by atoms with van der Waals surface area (Å²) < 4.78 is 0. The lowest BCUT2D eigenvalue weighted by Gasteiger charge is -2.58. The molecule has 0 aliphatic heterocycles. The monoisotopic (exact) mass is 386 g/mol. The molecule has 0 aromatic rings. The van der Waals surface area contributed by atoms with Crippen molar-refractivity contribution in [3.63, 3.8) is 0 Å². The van der Waals surface area contributed by atoms with Crippen molar-refractivity contribution < 1.29 is 5.11 Å². The van der Waals surface area contributed by atoms with Crippen molar-refractivity contribution in [2.75, 3.05) is 0 Å². The van der Waals surface area contributed by atoms with Gasteiger partial charge in [0.25, 0.3) is 0 Å². The van der Waals surface area contributed by atoms with E-state index < -0.39 is 0 Å².